The summed E-state index contributed by atoms with van der Waals surface area (Å²) in [6.45, 7) is 1.74. The normalized spacial score (nSPS) is 25.2. The van der Waals surface area contributed by atoms with Gasteiger partial charge in [0.1, 0.15) is 0 Å². The molecule has 0 radical (unpaired) electrons. The Morgan fingerprint density at radius 1 is 1.24 bits per heavy atom. The van der Waals surface area contributed by atoms with Gasteiger partial charge in [-0.15, -0.1) is 0 Å². The molecule has 2 N–H and O–H groups in total. The van der Waals surface area contributed by atoms with E-state index in [0.717, 1.165) is 30.4 Å². The molecule has 0 saturated heterocycles. The summed E-state index contributed by atoms with van der Waals surface area (Å²) in [5.74, 6) is 0.326. The Kier molecular flexibility index (Phi) is 3.17. The third-order valence-corrected chi connectivity index (χ3v) is 3.51. The molecule has 4 heteroatoms. The van der Waals surface area contributed by atoms with Gasteiger partial charge in [0.2, 0.25) is 0 Å². The highest BCUT2D eigenvalue weighted by atomic mass is 19.4. The molecule has 1 aliphatic rings. The quantitative estimate of drug-likeness (QED) is 0.801. The van der Waals surface area contributed by atoms with Crippen molar-refractivity contribution in [2.24, 2.45) is 5.73 Å². The van der Waals surface area contributed by atoms with E-state index >= 15 is 0 Å². The van der Waals surface area contributed by atoms with Crippen LogP contribution in [0.3, 0.4) is 0 Å². The van der Waals surface area contributed by atoms with Gasteiger partial charge in [0.05, 0.1) is 5.56 Å². The molecule has 0 spiro atoms. The van der Waals surface area contributed by atoms with E-state index in [2.05, 4.69) is 0 Å². The maximum Gasteiger partial charge on any atom is 0.416 e. The molecule has 0 amide bonds. The zero-order chi connectivity index (χ0) is 12.6. The molecular weight excluding hydrogens is 227 g/mol. The molecule has 1 fully saturated rings. The van der Waals surface area contributed by atoms with Crippen LogP contribution in [0.25, 0.3) is 0 Å². The minimum absolute atomic E-state index is 0.196. The highest BCUT2D eigenvalue weighted by Gasteiger charge is 2.31. The van der Waals surface area contributed by atoms with Crippen molar-refractivity contribution in [2.75, 3.05) is 0 Å². The van der Waals surface area contributed by atoms with Gasteiger partial charge in [0, 0.05) is 6.04 Å². The zero-order valence-corrected chi connectivity index (χ0v) is 9.72. The van der Waals surface area contributed by atoms with E-state index in [1.54, 1.807) is 13.0 Å². The number of aryl methyl sites for hydroxylation is 1. The lowest BCUT2D eigenvalue weighted by atomic mass is 9.92. The summed E-state index contributed by atoms with van der Waals surface area (Å²) in [5, 5.41) is 0. The SMILES string of the molecule is Cc1cc(C(F)(F)F)ccc1C1CCC(N)C1. The Morgan fingerprint density at radius 2 is 1.94 bits per heavy atom. The molecule has 94 valence electrons. The molecule has 1 nitrogen and oxygen atoms in total. The molecule has 2 unspecified atom stereocenters. The van der Waals surface area contributed by atoms with Gasteiger partial charge < -0.3 is 5.73 Å². The Labute approximate surface area is 98.8 Å². The van der Waals surface area contributed by atoms with Gasteiger partial charge in [0.15, 0.2) is 0 Å². The van der Waals surface area contributed by atoms with Crippen LogP contribution >= 0.6 is 0 Å². The van der Waals surface area contributed by atoms with Crippen LogP contribution in [-0.2, 0) is 6.18 Å². The first-order valence-electron chi connectivity index (χ1n) is 5.81. The van der Waals surface area contributed by atoms with E-state index in [9.17, 15) is 13.2 Å². The van der Waals surface area contributed by atoms with Crippen LogP contribution in [0.5, 0.6) is 0 Å². The third-order valence-electron chi connectivity index (χ3n) is 3.51. The average molecular weight is 243 g/mol. The maximum absolute atomic E-state index is 12.5. The molecule has 1 saturated carbocycles. The number of rotatable bonds is 1. The number of alkyl halides is 3. The van der Waals surface area contributed by atoms with Gasteiger partial charge >= 0.3 is 6.18 Å². The predicted molar refractivity (Wildman–Crippen MR) is 60.7 cm³/mol. The van der Waals surface area contributed by atoms with E-state index in [-0.39, 0.29) is 6.04 Å². The second-order valence-corrected chi connectivity index (χ2v) is 4.84. The zero-order valence-electron chi connectivity index (χ0n) is 9.72. The molecule has 2 rings (SSSR count). The second-order valence-electron chi connectivity index (χ2n) is 4.84. The highest BCUT2D eigenvalue weighted by molar-refractivity contribution is 5.35. The molecule has 0 aliphatic heterocycles. The Hall–Kier alpha value is -1.03. The molecule has 0 bridgehead atoms. The highest BCUT2D eigenvalue weighted by Crippen LogP contribution is 2.37. The summed E-state index contributed by atoms with van der Waals surface area (Å²) in [6, 6.07) is 4.22. The molecule has 1 aliphatic carbocycles. The first-order chi connectivity index (χ1) is 7.88. The van der Waals surface area contributed by atoms with Gasteiger partial charge in [-0.3, -0.25) is 0 Å². The van der Waals surface area contributed by atoms with Crippen LogP contribution in [0.1, 0.15) is 41.9 Å². The molecule has 0 aromatic heterocycles. The maximum atomic E-state index is 12.5. The number of benzene rings is 1. The lowest BCUT2D eigenvalue weighted by molar-refractivity contribution is -0.137. The minimum atomic E-state index is -4.25. The largest absolute Gasteiger partial charge is 0.416 e. The van der Waals surface area contributed by atoms with Gasteiger partial charge in [-0.05, 0) is 55.4 Å². The number of nitrogens with two attached hydrogens (primary N) is 1. The van der Waals surface area contributed by atoms with E-state index in [4.69, 9.17) is 5.73 Å². The summed E-state index contributed by atoms with van der Waals surface area (Å²) in [7, 11) is 0. The number of halogens is 3. The van der Waals surface area contributed by atoms with E-state index < -0.39 is 11.7 Å². The van der Waals surface area contributed by atoms with Gasteiger partial charge in [-0.25, -0.2) is 0 Å². The fraction of sp³-hybridized carbons (Fsp3) is 0.538. The van der Waals surface area contributed by atoms with Gasteiger partial charge in [0.25, 0.3) is 0 Å². The van der Waals surface area contributed by atoms with E-state index in [1.165, 1.54) is 12.1 Å². The van der Waals surface area contributed by atoms with Crippen molar-refractivity contribution < 1.29 is 13.2 Å². The van der Waals surface area contributed by atoms with Crippen molar-refractivity contribution >= 4 is 0 Å². The van der Waals surface area contributed by atoms with Crippen LogP contribution in [-0.4, -0.2) is 6.04 Å². The van der Waals surface area contributed by atoms with Crippen molar-refractivity contribution in [3.63, 3.8) is 0 Å². The van der Waals surface area contributed by atoms with Crippen LogP contribution < -0.4 is 5.73 Å². The van der Waals surface area contributed by atoms with Crippen molar-refractivity contribution in [1.82, 2.24) is 0 Å². The van der Waals surface area contributed by atoms with Crippen LogP contribution in [0, 0.1) is 6.92 Å². The third kappa shape index (κ3) is 2.63. The minimum Gasteiger partial charge on any atom is -0.328 e. The first kappa shape index (κ1) is 12.4. The van der Waals surface area contributed by atoms with Gasteiger partial charge in [-0.1, -0.05) is 6.07 Å². The van der Waals surface area contributed by atoms with Crippen molar-refractivity contribution in [3.05, 3.63) is 34.9 Å². The van der Waals surface area contributed by atoms with Gasteiger partial charge in [-0.2, -0.15) is 13.2 Å². The van der Waals surface area contributed by atoms with Crippen LogP contribution in [0.15, 0.2) is 18.2 Å². The van der Waals surface area contributed by atoms with Crippen LogP contribution in [0.4, 0.5) is 13.2 Å². The lowest BCUT2D eigenvalue weighted by Crippen LogP contribution is -2.14. The summed E-state index contributed by atoms with van der Waals surface area (Å²) in [6.07, 6.45) is -1.43. The molecular formula is C13H16F3N. The van der Waals surface area contributed by atoms with Crippen molar-refractivity contribution in [2.45, 2.75) is 44.3 Å². The second kappa shape index (κ2) is 4.33. The smallest absolute Gasteiger partial charge is 0.328 e. The molecule has 0 heterocycles. The molecule has 17 heavy (non-hydrogen) atoms. The molecule has 1 aromatic carbocycles. The fourth-order valence-electron chi connectivity index (χ4n) is 2.61. The van der Waals surface area contributed by atoms with E-state index in [1.807, 2.05) is 0 Å². The lowest BCUT2D eigenvalue weighted by Gasteiger charge is -2.15. The molecule has 1 aromatic rings. The van der Waals surface area contributed by atoms with Crippen LogP contribution in [0.2, 0.25) is 0 Å². The summed E-state index contributed by atoms with van der Waals surface area (Å²) < 4.78 is 37.6. The summed E-state index contributed by atoms with van der Waals surface area (Å²) in [4.78, 5) is 0. The molecule has 2 atom stereocenters. The summed E-state index contributed by atoms with van der Waals surface area (Å²) >= 11 is 0. The fourth-order valence-corrected chi connectivity index (χ4v) is 2.61. The standard InChI is InChI=1S/C13H16F3N/c1-8-6-10(13(14,15)16)3-5-12(8)9-2-4-11(17)7-9/h3,5-6,9,11H,2,4,7,17H2,1H3. The first-order valence-corrected chi connectivity index (χ1v) is 5.81. The topological polar surface area (TPSA) is 26.0 Å². The Morgan fingerprint density at radius 3 is 2.41 bits per heavy atom. The Balaban J connectivity index is 2.26. The van der Waals surface area contributed by atoms with Crippen molar-refractivity contribution in [3.8, 4) is 0 Å². The monoisotopic (exact) mass is 243 g/mol. The summed E-state index contributed by atoms with van der Waals surface area (Å²) in [5.41, 5.74) is 7.00. The Bertz CT molecular complexity index is 412. The van der Waals surface area contributed by atoms with Crippen molar-refractivity contribution in [1.29, 1.82) is 0 Å². The predicted octanol–water partition coefficient (Wildman–Crippen LogP) is 3.61. The van der Waals surface area contributed by atoms with E-state index in [0.29, 0.717) is 5.92 Å². The number of hydrogen-bond donors (Lipinski definition) is 1. The number of hydrogen-bond acceptors (Lipinski definition) is 1. The average Bonchev–Trinajstić information content (AvgIpc) is 2.63.